The highest BCUT2D eigenvalue weighted by molar-refractivity contribution is 8.13. The third-order valence-corrected chi connectivity index (χ3v) is 4.01. The average molecular weight is 302 g/mol. The summed E-state index contributed by atoms with van der Waals surface area (Å²) in [5.74, 6) is -0.358. The average Bonchev–Trinajstić information content (AvgIpc) is 2.37. The molecule has 1 rings (SSSR count). The minimum absolute atomic E-state index is 0.0959. The Kier molecular flexibility index (Phi) is 5.57. The van der Waals surface area contributed by atoms with Crippen LogP contribution in [0.15, 0.2) is 41.8 Å². The van der Waals surface area contributed by atoms with Gasteiger partial charge in [-0.15, -0.1) is 6.58 Å². The van der Waals surface area contributed by atoms with Crippen LogP contribution < -0.4 is 0 Å². The molecule has 6 heteroatoms. The van der Waals surface area contributed by atoms with Crippen LogP contribution >= 0.6 is 10.7 Å². The van der Waals surface area contributed by atoms with Crippen LogP contribution in [0.25, 0.3) is 0 Å². The third-order valence-electron chi connectivity index (χ3n) is 2.63. The number of halogens is 1. The van der Waals surface area contributed by atoms with E-state index in [4.69, 9.17) is 10.7 Å². The third kappa shape index (κ3) is 4.36. The van der Waals surface area contributed by atoms with E-state index in [0.717, 1.165) is 12.8 Å². The molecule has 0 aliphatic heterocycles. The summed E-state index contributed by atoms with van der Waals surface area (Å²) in [6.07, 6.45) is 3.35. The number of allylic oxidation sites excluding steroid dienone is 1. The lowest BCUT2D eigenvalue weighted by molar-refractivity contribution is 0.0790. The largest absolute Gasteiger partial charge is 0.342 e. The van der Waals surface area contributed by atoms with E-state index in [1.807, 2.05) is 0 Å². The molecule has 0 radical (unpaired) electrons. The zero-order valence-electron chi connectivity index (χ0n) is 10.7. The molecule has 104 valence electrons. The minimum atomic E-state index is -3.93. The molecule has 0 aliphatic rings. The fourth-order valence-electron chi connectivity index (χ4n) is 1.64. The number of benzene rings is 1. The van der Waals surface area contributed by atoms with Gasteiger partial charge < -0.3 is 4.90 Å². The molecule has 0 unspecified atom stereocenters. The summed E-state index contributed by atoms with van der Waals surface area (Å²) >= 11 is 0. The van der Waals surface area contributed by atoms with Gasteiger partial charge in [0.2, 0.25) is 0 Å². The second-order valence-electron chi connectivity index (χ2n) is 4.09. The highest BCUT2D eigenvalue weighted by Crippen LogP contribution is 2.21. The van der Waals surface area contributed by atoms with Crippen molar-refractivity contribution in [2.75, 3.05) is 13.6 Å². The second-order valence-corrected chi connectivity index (χ2v) is 6.63. The predicted molar refractivity (Wildman–Crippen MR) is 75.9 cm³/mol. The Labute approximate surface area is 118 Å². The quantitative estimate of drug-likeness (QED) is 0.461. The van der Waals surface area contributed by atoms with Crippen molar-refractivity contribution in [1.82, 2.24) is 4.90 Å². The highest BCUT2D eigenvalue weighted by atomic mass is 35.7. The summed E-state index contributed by atoms with van der Waals surface area (Å²) in [5.41, 5.74) is 0.0959. The monoisotopic (exact) mass is 301 g/mol. The Hall–Kier alpha value is -1.33. The molecule has 0 saturated carbocycles. The van der Waals surface area contributed by atoms with E-state index in [-0.39, 0.29) is 16.4 Å². The van der Waals surface area contributed by atoms with Gasteiger partial charge in [-0.2, -0.15) is 0 Å². The molecule has 1 aromatic carbocycles. The number of hydrogen-bond acceptors (Lipinski definition) is 3. The van der Waals surface area contributed by atoms with Gasteiger partial charge in [-0.05, 0) is 25.0 Å². The normalized spacial score (nSPS) is 11.1. The standard InChI is InChI=1S/C13H16ClNO3S/c1-3-4-7-10-15(2)13(16)11-8-5-6-9-12(11)19(14,17)18/h3,5-6,8-9H,1,4,7,10H2,2H3. The van der Waals surface area contributed by atoms with E-state index < -0.39 is 9.05 Å². The molecule has 1 aromatic rings. The zero-order chi connectivity index (χ0) is 14.5. The molecule has 0 aromatic heterocycles. The van der Waals surface area contributed by atoms with Gasteiger partial charge in [0.1, 0.15) is 0 Å². The highest BCUT2D eigenvalue weighted by Gasteiger charge is 2.21. The number of rotatable bonds is 6. The first-order valence-corrected chi connectivity index (χ1v) is 8.09. The van der Waals surface area contributed by atoms with E-state index in [1.54, 1.807) is 19.2 Å². The first-order chi connectivity index (χ1) is 8.88. The molecule has 0 aliphatic carbocycles. The number of amides is 1. The molecule has 0 saturated heterocycles. The smallest absolute Gasteiger partial charge is 0.262 e. The summed E-state index contributed by atoms with van der Waals surface area (Å²) in [6.45, 7) is 4.14. The van der Waals surface area contributed by atoms with Crippen LogP contribution in [0.5, 0.6) is 0 Å². The van der Waals surface area contributed by atoms with Crippen molar-refractivity contribution in [3.8, 4) is 0 Å². The van der Waals surface area contributed by atoms with Crippen molar-refractivity contribution in [1.29, 1.82) is 0 Å². The Balaban J connectivity index is 2.97. The summed E-state index contributed by atoms with van der Waals surface area (Å²) in [5, 5.41) is 0. The van der Waals surface area contributed by atoms with Gasteiger partial charge in [-0.25, -0.2) is 8.42 Å². The van der Waals surface area contributed by atoms with Crippen molar-refractivity contribution in [3.05, 3.63) is 42.5 Å². The van der Waals surface area contributed by atoms with Gasteiger partial charge in [0.25, 0.3) is 15.0 Å². The Morgan fingerprint density at radius 3 is 2.63 bits per heavy atom. The SMILES string of the molecule is C=CCCCN(C)C(=O)c1ccccc1S(=O)(=O)Cl. The minimum Gasteiger partial charge on any atom is -0.342 e. The predicted octanol–water partition coefficient (Wildman–Crippen LogP) is 2.65. The second kappa shape index (κ2) is 6.73. The lowest BCUT2D eigenvalue weighted by atomic mass is 10.2. The molecule has 0 N–H and O–H groups in total. The van der Waals surface area contributed by atoms with E-state index in [9.17, 15) is 13.2 Å². The number of carbonyl (C=O) groups is 1. The molecule has 0 fully saturated rings. The number of unbranched alkanes of at least 4 members (excludes halogenated alkanes) is 1. The van der Waals surface area contributed by atoms with Crippen molar-refractivity contribution < 1.29 is 13.2 Å². The number of nitrogens with zero attached hydrogens (tertiary/aromatic N) is 1. The van der Waals surface area contributed by atoms with Crippen LogP contribution in [0.3, 0.4) is 0 Å². The number of hydrogen-bond donors (Lipinski definition) is 0. The topological polar surface area (TPSA) is 54.5 Å². The number of carbonyl (C=O) groups excluding carboxylic acids is 1. The Morgan fingerprint density at radius 2 is 2.05 bits per heavy atom. The maximum Gasteiger partial charge on any atom is 0.262 e. The summed E-state index contributed by atoms with van der Waals surface area (Å²) in [6, 6.07) is 5.93. The fraction of sp³-hybridized carbons (Fsp3) is 0.308. The molecule has 0 heterocycles. The van der Waals surface area contributed by atoms with E-state index in [1.165, 1.54) is 23.1 Å². The maximum atomic E-state index is 12.2. The summed E-state index contributed by atoms with van der Waals surface area (Å²) < 4.78 is 22.8. The van der Waals surface area contributed by atoms with Crippen LogP contribution in [0, 0.1) is 0 Å². The summed E-state index contributed by atoms with van der Waals surface area (Å²) in [7, 11) is 3.03. The summed E-state index contributed by atoms with van der Waals surface area (Å²) in [4.78, 5) is 13.5. The fourth-order valence-corrected chi connectivity index (χ4v) is 2.70. The van der Waals surface area contributed by atoms with E-state index >= 15 is 0 Å². The molecular weight excluding hydrogens is 286 g/mol. The maximum absolute atomic E-state index is 12.2. The molecule has 19 heavy (non-hydrogen) atoms. The molecular formula is C13H16ClNO3S. The molecule has 1 amide bonds. The van der Waals surface area contributed by atoms with Gasteiger partial charge in [0, 0.05) is 24.3 Å². The lowest BCUT2D eigenvalue weighted by Crippen LogP contribution is -2.28. The van der Waals surface area contributed by atoms with Crippen LogP contribution in [0.4, 0.5) is 0 Å². The Morgan fingerprint density at radius 1 is 1.42 bits per heavy atom. The Bertz CT molecular complexity index is 569. The lowest BCUT2D eigenvalue weighted by Gasteiger charge is -2.17. The molecule has 4 nitrogen and oxygen atoms in total. The van der Waals surface area contributed by atoms with Crippen LogP contribution in [0.2, 0.25) is 0 Å². The first kappa shape index (κ1) is 15.7. The van der Waals surface area contributed by atoms with Gasteiger partial charge in [0.05, 0.1) is 10.5 Å². The van der Waals surface area contributed by atoms with Gasteiger partial charge >= 0.3 is 0 Å². The molecule has 0 spiro atoms. The van der Waals surface area contributed by atoms with Crippen molar-refractivity contribution >= 4 is 25.6 Å². The van der Waals surface area contributed by atoms with E-state index in [2.05, 4.69) is 6.58 Å². The first-order valence-electron chi connectivity index (χ1n) is 5.78. The van der Waals surface area contributed by atoms with Crippen molar-refractivity contribution in [2.45, 2.75) is 17.7 Å². The van der Waals surface area contributed by atoms with Crippen LogP contribution in [0.1, 0.15) is 23.2 Å². The van der Waals surface area contributed by atoms with Gasteiger partial charge in [-0.1, -0.05) is 18.2 Å². The van der Waals surface area contributed by atoms with Gasteiger partial charge in [-0.3, -0.25) is 4.79 Å². The van der Waals surface area contributed by atoms with E-state index in [0.29, 0.717) is 6.54 Å². The van der Waals surface area contributed by atoms with Crippen molar-refractivity contribution in [3.63, 3.8) is 0 Å². The molecule has 0 atom stereocenters. The van der Waals surface area contributed by atoms with Crippen LogP contribution in [-0.2, 0) is 9.05 Å². The molecule has 0 bridgehead atoms. The van der Waals surface area contributed by atoms with Crippen molar-refractivity contribution in [2.24, 2.45) is 0 Å². The van der Waals surface area contributed by atoms with Crippen LogP contribution in [-0.4, -0.2) is 32.8 Å². The van der Waals surface area contributed by atoms with Gasteiger partial charge in [0.15, 0.2) is 0 Å². The zero-order valence-corrected chi connectivity index (χ0v) is 12.2.